The van der Waals surface area contributed by atoms with Crippen LogP contribution in [-0.2, 0) is 4.79 Å². The zero-order valence-corrected chi connectivity index (χ0v) is 18.9. The molecule has 1 aliphatic heterocycles. The fourth-order valence-electron chi connectivity index (χ4n) is 4.71. The first-order valence-corrected chi connectivity index (χ1v) is 11.5. The summed E-state index contributed by atoms with van der Waals surface area (Å²) in [5.41, 5.74) is 1.07. The van der Waals surface area contributed by atoms with Gasteiger partial charge in [-0.25, -0.2) is 4.98 Å². The summed E-state index contributed by atoms with van der Waals surface area (Å²) in [4.78, 5) is 20.9. The van der Waals surface area contributed by atoms with E-state index < -0.39 is 0 Å². The number of aromatic nitrogens is 1. The molecule has 2 atom stereocenters. The molecule has 2 aromatic rings. The fraction of sp³-hybridized carbons (Fsp3) is 0.520. The van der Waals surface area contributed by atoms with Gasteiger partial charge in [-0.15, -0.1) is 0 Å². The number of ether oxygens (including phenoxy) is 1. The molecule has 1 aliphatic carbocycles. The van der Waals surface area contributed by atoms with Gasteiger partial charge in [0.15, 0.2) is 0 Å². The average Bonchev–Trinajstić information content (AvgIpc) is 3.46. The van der Waals surface area contributed by atoms with E-state index in [1.807, 2.05) is 31.2 Å². The Morgan fingerprint density at radius 2 is 1.90 bits per heavy atom. The van der Waals surface area contributed by atoms with Gasteiger partial charge in [0.05, 0.1) is 12.6 Å². The maximum atomic E-state index is 11.2. The standard InChI is InChI=1S/C25H34N4O2/c1-18(26-19(2)30)20-11-13-22(14-12-20)31-23-15-16-29(17-23)25-10-6-9-24(27-25)28(3)21-7-4-5-8-21/h6,9-14,18,21,23H,4-5,7-8,15-17H2,1-3H3,(H,26,30)/t18-,23+/m0/s1. The zero-order valence-electron chi connectivity index (χ0n) is 18.9. The van der Waals surface area contributed by atoms with Crippen molar-refractivity contribution in [2.75, 3.05) is 29.9 Å². The van der Waals surface area contributed by atoms with E-state index in [9.17, 15) is 4.79 Å². The van der Waals surface area contributed by atoms with Crippen LogP contribution in [-0.4, -0.2) is 43.2 Å². The van der Waals surface area contributed by atoms with Crippen molar-refractivity contribution in [2.45, 2.75) is 64.1 Å². The minimum absolute atomic E-state index is 0.00534. The van der Waals surface area contributed by atoms with Crippen molar-refractivity contribution in [1.29, 1.82) is 0 Å². The van der Waals surface area contributed by atoms with Crippen LogP contribution in [0, 0.1) is 0 Å². The van der Waals surface area contributed by atoms with Crippen molar-refractivity contribution in [1.82, 2.24) is 10.3 Å². The van der Waals surface area contributed by atoms with Crippen LogP contribution in [0.3, 0.4) is 0 Å². The van der Waals surface area contributed by atoms with E-state index in [-0.39, 0.29) is 18.1 Å². The lowest BCUT2D eigenvalue weighted by molar-refractivity contribution is -0.119. The topological polar surface area (TPSA) is 57.7 Å². The van der Waals surface area contributed by atoms with Gasteiger partial charge in [0.2, 0.25) is 5.91 Å². The molecule has 6 heteroatoms. The molecule has 0 unspecified atom stereocenters. The molecule has 1 N–H and O–H groups in total. The number of pyridine rings is 1. The molecular weight excluding hydrogens is 388 g/mol. The van der Waals surface area contributed by atoms with Gasteiger partial charge in [0.25, 0.3) is 0 Å². The molecule has 1 aromatic heterocycles. The molecule has 4 rings (SSSR count). The van der Waals surface area contributed by atoms with Crippen LogP contribution < -0.4 is 19.9 Å². The Morgan fingerprint density at radius 1 is 1.16 bits per heavy atom. The van der Waals surface area contributed by atoms with Gasteiger partial charge in [-0.2, -0.15) is 0 Å². The monoisotopic (exact) mass is 422 g/mol. The smallest absolute Gasteiger partial charge is 0.217 e. The van der Waals surface area contributed by atoms with E-state index in [0.29, 0.717) is 6.04 Å². The molecule has 31 heavy (non-hydrogen) atoms. The van der Waals surface area contributed by atoms with Crippen molar-refractivity contribution >= 4 is 17.5 Å². The number of hydrogen-bond acceptors (Lipinski definition) is 5. The van der Waals surface area contributed by atoms with E-state index in [2.05, 4.69) is 40.4 Å². The molecule has 6 nitrogen and oxygen atoms in total. The minimum atomic E-state index is -0.0222. The maximum absolute atomic E-state index is 11.2. The Morgan fingerprint density at radius 3 is 2.61 bits per heavy atom. The lowest BCUT2D eigenvalue weighted by atomic mass is 10.1. The second-order valence-electron chi connectivity index (χ2n) is 8.87. The lowest BCUT2D eigenvalue weighted by Crippen LogP contribution is -2.30. The fourth-order valence-corrected chi connectivity index (χ4v) is 4.71. The van der Waals surface area contributed by atoms with E-state index in [4.69, 9.17) is 9.72 Å². The molecule has 1 saturated heterocycles. The third-order valence-corrected chi connectivity index (χ3v) is 6.53. The number of benzene rings is 1. The summed E-state index contributed by atoms with van der Waals surface area (Å²) in [6.07, 6.45) is 6.32. The Labute approximate surface area is 185 Å². The van der Waals surface area contributed by atoms with Crippen LogP contribution in [0.2, 0.25) is 0 Å². The summed E-state index contributed by atoms with van der Waals surface area (Å²) >= 11 is 0. The van der Waals surface area contributed by atoms with E-state index >= 15 is 0 Å². The van der Waals surface area contributed by atoms with Crippen LogP contribution >= 0.6 is 0 Å². The van der Waals surface area contributed by atoms with Gasteiger partial charge in [-0.05, 0) is 49.6 Å². The molecule has 2 heterocycles. The van der Waals surface area contributed by atoms with Gasteiger partial charge >= 0.3 is 0 Å². The second kappa shape index (κ2) is 9.58. The van der Waals surface area contributed by atoms with Gasteiger partial charge < -0.3 is 19.9 Å². The minimum Gasteiger partial charge on any atom is -0.489 e. The van der Waals surface area contributed by atoms with E-state index in [1.165, 1.54) is 32.6 Å². The number of nitrogens with zero attached hydrogens (tertiary/aromatic N) is 3. The summed E-state index contributed by atoms with van der Waals surface area (Å²) in [5.74, 6) is 2.95. The maximum Gasteiger partial charge on any atom is 0.217 e. The molecule has 1 saturated carbocycles. The third-order valence-electron chi connectivity index (χ3n) is 6.53. The summed E-state index contributed by atoms with van der Waals surface area (Å²) in [6, 6.07) is 15.0. The summed E-state index contributed by atoms with van der Waals surface area (Å²) in [5, 5.41) is 2.91. The Hall–Kier alpha value is -2.76. The van der Waals surface area contributed by atoms with Gasteiger partial charge in [0, 0.05) is 33.0 Å². The molecule has 1 aromatic carbocycles. The molecule has 2 fully saturated rings. The largest absolute Gasteiger partial charge is 0.489 e. The van der Waals surface area contributed by atoms with Crippen molar-refractivity contribution in [2.24, 2.45) is 0 Å². The van der Waals surface area contributed by atoms with Gasteiger partial charge in [0.1, 0.15) is 23.5 Å². The Bertz CT molecular complexity index is 879. The number of anilines is 2. The predicted octanol–water partition coefficient (Wildman–Crippen LogP) is 4.32. The first-order valence-electron chi connectivity index (χ1n) is 11.5. The van der Waals surface area contributed by atoms with E-state index in [0.717, 1.165) is 42.5 Å². The van der Waals surface area contributed by atoms with Crippen LogP contribution in [0.4, 0.5) is 11.6 Å². The summed E-state index contributed by atoms with van der Waals surface area (Å²) in [7, 11) is 2.18. The van der Waals surface area contributed by atoms with Crippen LogP contribution in [0.15, 0.2) is 42.5 Å². The molecule has 0 spiro atoms. The van der Waals surface area contributed by atoms with Gasteiger partial charge in [-0.1, -0.05) is 31.0 Å². The molecule has 0 bridgehead atoms. The van der Waals surface area contributed by atoms with Crippen molar-refractivity contribution in [3.05, 3.63) is 48.0 Å². The zero-order chi connectivity index (χ0) is 21.8. The number of rotatable bonds is 7. The highest BCUT2D eigenvalue weighted by Gasteiger charge is 2.26. The van der Waals surface area contributed by atoms with Gasteiger partial charge in [-0.3, -0.25) is 4.79 Å². The normalized spacial score (nSPS) is 20.0. The molecule has 166 valence electrons. The highest BCUT2D eigenvalue weighted by Crippen LogP contribution is 2.28. The number of amides is 1. The summed E-state index contributed by atoms with van der Waals surface area (Å²) in [6.45, 7) is 5.31. The SMILES string of the molecule is CC(=O)N[C@@H](C)c1ccc(O[C@@H]2CCN(c3cccc(N(C)C4CCCC4)n3)C2)cc1. The Kier molecular flexibility index (Phi) is 6.64. The average molecular weight is 423 g/mol. The number of carbonyl (C=O) groups is 1. The Balaban J connectivity index is 1.34. The summed E-state index contributed by atoms with van der Waals surface area (Å²) < 4.78 is 6.23. The highest BCUT2D eigenvalue weighted by atomic mass is 16.5. The highest BCUT2D eigenvalue weighted by molar-refractivity contribution is 5.73. The van der Waals surface area contributed by atoms with Crippen molar-refractivity contribution < 1.29 is 9.53 Å². The first-order chi connectivity index (χ1) is 15.0. The molecule has 0 radical (unpaired) electrons. The molecule has 1 amide bonds. The van der Waals surface area contributed by atoms with Crippen LogP contribution in [0.1, 0.15) is 57.6 Å². The second-order valence-corrected chi connectivity index (χ2v) is 8.87. The predicted molar refractivity (Wildman–Crippen MR) is 125 cm³/mol. The number of carbonyl (C=O) groups excluding carboxylic acids is 1. The molecule has 2 aliphatic rings. The van der Waals surface area contributed by atoms with Crippen molar-refractivity contribution in [3.8, 4) is 5.75 Å². The number of nitrogens with one attached hydrogen (secondary N) is 1. The van der Waals surface area contributed by atoms with E-state index in [1.54, 1.807) is 0 Å². The first kappa shape index (κ1) is 21.5. The van der Waals surface area contributed by atoms with Crippen molar-refractivity contribution in [3.63, 3.8) is 0 Å². The number of hydrogen-bond donors (Lipinski definition) is 1. The van der Waals surface area contributed by atoms with Crippen LogP contribution in [0.5, 0.6) is 5.75 Å². The third kappa shape index (κ3) is 5.30. The quantitative estimate of drug-likeness (QED) is 0.720. The lowest BCUT2D eigenvalue weighted by Gasteiger charge is -2.27. The molecular formula is C25H34N4O2. The van der Waals surface area contributed by atoms with Crippen LogP contribution in [0.25, 0.3) is 0 Å².